The molecule has 0 bridgehead atoms. The smallest absolute Gasteiger partial charge is 0.219 e. The number of halogens is 2. The SMILES string of the molecule is CNCc1cc(Oc2cc(Cl)ccc2C)ncc1Cl. The van der Waals surface area contributed by atoms with E-state index in [1.54, 1.807) is 12.3 Å². The van der Waals surface area contributed by atoms with Crippen LogP contribution in [0.4, 0.5) is 0 Å². The largest absolute Gasteiger partial charge is 0.439 e. The van der Waals surface area contributed by atoms with Crippen LogP contribution in [0.1, 0.15) is 11.1 Å². The molecule has 1 aromatic heterocycles. The lowest BCUT2D eigenvalue weighted by Gasteiger charge is -2.10. The number of ether oxygens (including phenoxy) is 1. The zero-order valence-corrected chi connectivity index (χ0v) is 12.2. The van der Waals surface area contributed by atoms with Gasteiger partial charge in [-0.15, -0.1) is 0 Å². The van der Waals surface area contributed by atoms with Crippen LogP contribution in [0.15, 0.2) is 30.5 Å². The van der Waals surface area contributed by atoms with Crippen molar-refractivity contribution >= 4 is 23.2 Å². The fraction of sp³-hybridized carbons (Fsp3) is 0.214. The van der Waals surface area contributed by atoms with Gasteiger partial charge in [-0.25, -0.2) is 4.98 Å². The van der Waals surface area contributed by atoms with Gasteiger partial charge in [0.05, 0.1) is 5.02 Å². The molecule has 1 N–H and O–H groups in total. The first-order valence-electron chi connectivity index (χ1n) is 5.83. The summed E-state index contributed by atoms with van der Waals surface area (Å²) in [6, 6.07) is 7.32. The van der Waals surface area contributed by atoms with Gasteiger partial charge in [0.15, 0.2) is 0 Å². The van der Waals surface area contributed by atoms with Crippen LogP contribution < -0.4 is 10.1 Å². The van der Waals surface area contributed by atoms with Crippen molar-refractivity contribution in [3.8, 4) is 11.6 Å². The molecular weight excluding hydrogens is 283 g/mol. The average Bonchev–Trinajstić information content (AvgIpc) is 2.38. The van der Waals surface area contributed by atoms with E-state index in [0.29, 0.717) is 28.2 Å². The molecule has 19 heavy (non-hydrogen) atoms. The fourth-order valence-electron chi connectivity index (χ4n) is 1.64. The second kappa shape index (κ2) is 6.24. The van der Waals surface area contributed by atoms with E-state index in [2.05, 4.69) is 10.3 Å². The van der Waals surface area contributed by atoms with Gasteiger partial charge in [-0.2, -0.15) is 0 Å². The maximum absolute atomic E-state index is 6.06. The zero-order chi connectivity index (χ0) is 13.8. The molecule has 0 atom stereocenters. The van der Waals surface area contributed by atoms with E-state index in [1.165, 1.54) is 0 Å². The van der Waals surface area contributed by atoms with Crippen LogP contribution in [0.25, 0.3) is 0 Å². The number of hydrogen-bond donors (Lipinski definition) is 1. The van der Waals surface area contributed by atoms with Crippen LogP contribution in [0.2, 0.25) is 10.0 Å². The maximum Gasteiger partial charge on any atom is 0.219 e. The molecule has 0 radical (unpaired) electrons. The first-order chi connectivity index (χ1) is 9.10. The number of hydrogen-bond acceptors (Lipinski definition) is 3. The summed E-state index contributed by atoms with van der Waals surface area (Å²) in [5.41, 5.74) is 1.94. The first kappa shape index (κ1) is 14.1. The van der Waals surface area contributed by atoms with E-state index < -0.39 is 0 Å². The van der Waals surface area contributed by atoms with Crippen molar-refractivity contribution in [2.24, 2.45) is 0 Å². The Morgan fingerprint density at radius 3 is 2.79 bits per heavy atom. The Hall–Kier alpha value is -1.29. The van der Waals surface area contributed by atoms with Crippen LogP contribution in [0, 0.1) is 6.92 Å². The van der Waals surface area contributed by atoms with Gasteiger partial charge in [0.1, 0.15) is 5.75 Å². The number of aromatic nitrogens is 1. The van der Waals surface area contributed by atoms with Crippen LogP contribution in [0.5, 0.6) is 11.6 Å². The quantitative estimate of drug-likeness (QED) is 0.918. The van der Waals surface area contributed by atoms with E-state index in [9.17, 15) is 0 Å². The van der Waals surface area contributed by atoms with Gasteiger partial charge < -0.3 is 10.1 Å². The Morgan fingerprint density at radius 1 is 1.26 bits per heavy atom. The Morgan fingerprint density at radius 2 is 2.05 bits per heavy atom. The summed E-state index contributed by atoms with van der Waals surface area (Å²) >= 11 is 12.0. The molecule has 5 heteroatoms. The number of rotatable bonds is 4. The predicted octanol–water partition coefficient (Wildman–Crippen LogP) is 4.21. The highest BCUT2D eigenvalue weighted by Gasteiger charge is 2.07. The minimum Gasteiger partial charge on any atom is -0.439 e. The Balaban J connectivity index is 2.28. The van der Waals surface area contributed by atoms with Gasteiger partial charge in [-0.3, -0.25) is 0 Å². The van der Waals surface area contributed by atoms with Crippen molar-refractivity contribution in [3.05, 3.63) is 51.6 Å². The molecule has 0 aliphatic heterocycles. The van der Waals surface area contributed by atoms with E-state index in [4.69, 9.17) is 27.9 Å². The Kier molecular flexibility index (Phi) is 4.64. The third-order valence-corrected chi connectivity index (χ3v) is 3.22. The number of aryl methyl sites for hydroxylation is 1. The lowest BCUT2D eigenvalue weighted by Crippen LogP contribution is -2.06. The summed E-state index contributed by atoms with van der Waals surface area (Å²) in [6.07, 6.45) is 1.59. The monoisotopic (exact) mass is 296 g/mol. The van der Waals surface area contributed by atoms with Gasteiger partial charge in [-0.05, 0) is 37.2 Å². The molecule has 2 rings (SSSR count). The van der Waals surface area contributed by atoms with Crippen molar-refractivity contribution in [2.45, 2.75) is 13.5 Å². The third-order valence-electron chi connectivity index (χ3n) is 2.64. The van der Waals surface area contributed by atoms with Crippen molar-refractivity contribution in [1.82, 2.24) is 10.3 Å². The van der Waals surface area contributed by atoms with E-state index >= 15 is 0 Å². The number of nitrogens with one attached hydrogen (secondary N) is 1. The molecule has 100 valence electrons. The highest BCUT2D eigenvalue weighted by molar-refractivity contribution is 6.31. The minimum atomic E-state index is 0.500. The first-order valence-corrected chi connectivity index (χ1v) is 6.59. The molecule has 0 saturated heterocycles. The van der Waals surface area contributed by atoms with Gasteiger partial charge in [-0.1, -0.05) is 29.3 Å². The predicted molar refractivity (Wildman–Crippen MR) is 78.3 cm³/mol. The van der Waals surface area contributed by atoms with E-state index in [0.717, 1.165) is 11.1 Å². The summed E-state index contributed by atoms with van der Waals surface area (Å²) in [6.45, 7) is 2.61. The summed E-state index contributed by atoms with van der Waals surface area (Å²) < 4.78 is 5.75. The van der Waals surface area contributed by atoms with Crippen molar-refractivity contribution in [2.75, 3.05) is 7.05 Å². The normalized spacial score (nSPS) is 10.5. The fourth-order valence-corrected chi connectivity index (χ4v) is 1.97. The molecule has 0 amide bonds. The van der Waals surface area contributed by atoms with Crippen LogP contribution >= 0.6 is 23.2 Å². The van der Waals surface area contributed by atoms with Gasteiger partial charge in [0.25, 0.3) is 0 Å². The molecule has 0 aliphatic carbocycles. The van der Waals surface area contributed by atoms with E-state index in [-0.39, 0.29) is 0 Å². The molecule has 0 saturated carbocycles. The average molecular weight is 297 g/mol. The highest BCUT2D eigenvalue weighted by Crippen LogP contribution is 2.28. The number of benzene rings is 1. The van der Waals surface area contributed by atoms with Crippen molar-refractivity contribution < 1.29 is 4.74 Å². The topological polar surface area (TPSA) is 34.1 Å². The molecule has 0 unspecified atom stereocenters. The molecule has 3 nitrogen and oxygen atoms in total. The maximum atomic E-state index is 6.06. The van der Waals surface area contributed by atoms with Gasteiger partial charge >= 0.3 is 0 Å². The summed E-state index contributed by atoms with van der Waals surface area (Å²) in [5, 5.41) is 4.29. The van der Waals surface area contributed by atoms with Gasteiger partial charge in [0.2, 0.25) is 5.88 Å². The lowest BCUT2D eigenvalue weighted by molar-refractivity contribution is 0.458. The summed E-state index contributed by atoms with van der Waals surface area (Å²) in [4.78, 5) is 4.16. The molecule has 0 spiro atoms. The Bertz CT molecular complexity index is 588. The van der Waals surface area contributed by atoms with Gasteiger partial charge in [0, 0.05) is 23.8 Å². The van der Waals surface area contributed by atoms with Crippen LogP contribution in [0.3, 0.4) is 0 Å². The second-order valence-electron chi connectivity index (χ2n) is 4.16. The van der Waals surface area contributed by atoms with Crippen LogP contribution in [-0.4, -0.2) is 12.0 Å². The summed E-state index contributed by atoms with van der Waals surface area (Å²) in [5.74, 6) is 1.19. The minimum absolute atomic E-state index is 0.500. The number of pyridine rings is 1. The molecular formula is C14H14Cl2N2O. The third kappa shape index (κ3) is 3.60. The molecule has 1 aromatic carbocycles. The highest BCUT2D eigenvalue weighted by atomic mass is 35.5. The number of nitrogens with zero attached hydrogens (tertiary/aromatic N) is 1. The molecule has 0 aliphatic rings. The van der Waals surface area contributed by atoms with Crippen molar-refractivity contribution in [3.63, 3.8) is 0 Å². The summed E-state index contributed by atoms with van der Waals surface area (Å²) in [7, 11) is 1.86. The zero-order valence-electron chi connectivity index (χ0n) is 10.7. The molecule has 0 fully saturated rings. The van der Waals surface area contributed by atoms with E-state index in [1.807, 2.05) is 32.2 Å². The molecule has 2 aromatic rings. The molecule has 1 heterocycles. The second-order valence-corrected chi connectivity index (χ2v) is 5.00. The Labute approximate surface area is 122 Å². The standard InChI is InChI=1S/C14H14Cl2N2O/c1-9-3-4-11(15)6-13(9)19-14-5-10(7-17-2)12(16)8-18-14/h3-6,8,17H,7H2,1-2H3. The van der Waals surface area contributed by atoms with Crippen molar-refractivity contribution in [1.29, 1.82) is 0 Å². The lowest BCUT2D eigenvalue weighted by atomic mass is 10.2. The van der Waals surface area contributed by atoms with Crippen LogP contribution in [-0.2, 0) is 6.54 Å².